The van der Waals surface area contributed by atoms with Crippen LogP contribution in [0.2, 0.25) is 0 Å². The second kappa shape index (κ2) is 7.54. The highest BCUT2D eigenvalue weighted by atomic mass is 16.6. The van der Waals surface area contributed by atoms with Crippen LogP contribution in [-0.4, -0.2) is 69.4 Å². The molecule has 4 aliphatic heterocycles. The molecule has 0 unspecified atom stereocenters. The fraction of sp³-hybridized carbons (Fsp3) is 0.636. The lowest BCUT2D eigenvalue weighted by Crippen LogP contribution is -2.50. The zero-order valence-corrected chi connectivity index (χ0v) is 18.2. The largest absolute Gasteiger partial charge is 0.393 e. The van der Waals surface area contributed by atoms with Crippen molar-refractivity contribution >= 4 is 47.5 Å². The normalized spacial score (nSPS) is 31.1. The molecule has 34 heavy (non-hydrogen) atoms. The van der Waals surface area contributed by atoms with Crippen LogP contribution in [0, 0.1) is 10.8 Å². The van der Waals surface area contributed by atoms with Gasteiger partial charge >= 0.3 is 23.9 Å². The summed E-state index contributed by atoms with van der Waals surface area (Å²) in [6, 6.07) is -0.951. The summed E-state index contributed by atoms with van der Waals surface area (Å²) >= 11 is 0. The number of imide groups is 2. The van der Waals surface area contributed by atoms with Crippen LogP contribution in [0.3, 0.4) is 0 Å². The van der Waals surface area contributed by atoms with Crippen LogP contribution >= 0.6 is 0 Å². The summed E-state index contributed by atoms with van der Waals surface area (Å²) < 4.78 is 9.02. The number of esters is 4. The number of cyclic esters (lactones) is 4. The zero-order valence-electron chi connectivity index (χ0n) is 18.2. The molecule has 4 heterocycles. The number of likely N-dealkylation sites (tertiary alicyclic amines) is 2. The van der Waals surface area contributed by atoms with E-state index in [4.69, 9.17) is 0 Å². The van der Waals surface area contributed by atoms with Crippen LogP contribution in [0.5, 0.6) is 0 Å². The Balaban J connectivity index is 1.27. The van der Waals surface area contributed by atoms with Crippen LogP contribution in [0.25, 0.3) is 0 Å². The third-order valence-electron chi connectivity index (χ3n) is 7.64. The van der Waals surface area contributed by atoms with Crippen molar-refractivity contribution in [2.75, 3.05) is 0 Å². The standard InChI is InChI=1S/C22H22N2O10/c25-13-5-21(7-15(27)33-16(28)8-21)19(31)23(13)11-1-2-12(4-3-11)24-14(26)6-22(20(24)32)9-17(29)34-18(30)10-22/h11-12H,1-10H2. The fourth-order valence-corrected chi connectivity index (χ4v) is 6.13. The molecule has 1 aliphatic carbocycles. The summed E-state index contributed by atoms with van der Waals surface area (Å²) in [5, 5.41) is 0. The van der Waals surface area contributed by atoms with E-state index >= 15 is 0 Å². The van der Waals surface area contributed by atoms with Crippen LogP contribution in [0.1, 0.15) is 64.2 Å². The Morgan fingerprint density at radius 1 is 0.500 bits per heavy atom. The van der Waals surface area contributed by atoms with E-state index in [2.05, 4.69) is 9.47 Å². The number of hydrogen-bond acceptors (Lipinski definition) is 10. The first-order chi connectivity index (χ1) is 16.0. The first-order valence-corrected chi connectivity index (χ1v) is 11.2. The van der Waals surface area contributed by atoms with Crippen molar-refractivity contribution in [1.82, 2.24) is 9.80 Å². The topological polar surface area (TPSA) is 162 Å². The Morgan fingerprint density at radius 3 is 1.09 bits per heavy atom. The maximum atomic E-state index is 13.1. The van der Waals surface area contributed by atoms with Gasteiger partial charge in [0, 0.05) is 24.9 Å². The molecule has 4 saturated heterocycles. The molecule has 0 bridgehead atoms. The molecule has 0 aromatic carbocycles. The molecule has 5 rings (SSSR count). The van der Waals surface area contributed by atoms with Crippen LogP contribution in [-0.2, 0) is 47.8 Å². The van der Waals surface area contributed by atoms with Gasteiger partial charge in [-0.1, -0.05) is 0 Å². The second-order valence-corrected chi connectivity index (χ2v) is 9.91. The van der Waals surface area contributed by atoms with E-state index in [0.29, 0.717) is 25.7 Å². The van der Waals surface area contributed by atoms with Crippen molar-refractivity contribution in [3.8, 4) is 0 Å². The summed E-state index contributed by atoms with van der Waals surface area (Å²) in [5.74, 6) is -5.33. The lowest BCUT2D eigenvalue weighted by molar-refractivity contribution is -0.173. The van der Waals surface area contributed by atoms with Crippen molar-refractivity contribution in [2.45, 2.75) is 76.3 Å². The molecular weight excluding hydrogens is 452 g/mol. The van der Waals surface area contributed by atoms with E-state index < -0.39 is 70.4 Å². The van der Waals surface area contributed by atoms with Gasteiger partial charge in [-0.05, 0) is 25.7 Å². The van der Waals surface area contributed by atoms with Crippen molar-refractivity contribution in [2.24, 2.45) is 10.8 Å². The number of carbonyl (C=O) groups excluding carboxylic acids is 8. The maximum Gasteiger partial charge on any atom is 0.314 e. The van der Waals surface area contributed by atoms with Gasteiger partial charge in [-0.15, -0.1) is 0 Å². The average Bonchev–Trinajstić information content (AvgIpc) is 3.09. The summed E-state index contributed by atoms with van der Waals surface area (Å²) in [7, 11) is 0. The summed E-state index contributed by atoms with van der Waals surface area (Å²) in [5.41, 5.74) is -2.79. The van der Waals surface area contributed by atoms with Gasteiger partial charge in [-0.25, -0.2) is 0 Å². The predicted molar refractivity (Wildman–Crippen MR) is 105 cm³/mol. The van der Waals surface area contributed by atoms with Gasteiger partial charge in [-0.3, -0.25) is 48.2 Å². The van der Waals surface area contributed by atoms with Gasteiger partial charge in [0.05, 0.1) is 36.5 Å². The Kier molecular flexibility index (Phi) is 4.96. The predicted octanol–water partition coefficient (Wildman–Crippen LogP) is -0.485. The number of rotatable bonds is 2. The molecule has 5 aliphatic rings. The van der Waals surface area contributed by atoms with Crippen molar-refractivity contribution in [3.05, 3.63) is 0 Å². The van der Waals surface area contributed by atoms with Gasteiger partial charge in [0.15, 0.2) is 0 Å². The van der Waals surface area contributed by atoms with Gasteiger partial charge < -0.3 is 9.47 Å². The molecule has 2 spiro atoms. The Hall–Kier alpha value is -3.44. The molecule has 5 fully saturated rings. The number of nitrogens with zero attached hydrogens (tertiary/aromatic N) is 2. The smallest absolute Gasteiger partial charge is 0.314 e. The minimum atomic E-state index is -1.39. The Labute approximate surface area is 192 Å². The van der Waals surface area contributed by atoms with Gasteiger partial charge in [-0.2, -0.15) is 0 Å². The lowest BCUT2D eigenvalue weighted by Gasteiger charge is -2.38. The molecule has 0 N–H and O–H groups in total. The fourth-order valence-electron chi connectivity index (χ4n) is 6.13. The van der Waals surface area contributed by atoms with E-state index in [1.54, 1.807) is 0 Å². The molecule has 0 aromatic heterocycles. The van der Waals surface area contributed by atoms with Gasteiger partial charge in [0.25, 0.3) is 0 Å². The van der Waals surface area contributed by atoms with E-state index in [9.17, 15) is 38.4 Å². The maximum absolute atomic E-state index is 13.1. The Bertz CT molecular complexity index is 954. The van der Waals surface area contributed by atoms with E-state index in [-0.39, 0.29) is 38.5 Å². The molecule has 12 nitrogen and oxygen atoms in total. The molecule has 1 saturated carbocycles. The average molecular weight is 474 g/mol. The quantitative estimate of drug-likeness (QED) is 0.290. The number of ether oxygens (including phenoxy) is 2. The van der Waals surface area contributed by atoms with E-state index in [0.717, 1.165) is 9.80 Å². The zero-order chi connectivity index (χ0) is 24.4. The first kappa shape index (κ1) is 22.4. The summed E-state index contributed by atoms with van der Waals surface area (Å²) in [6.07, 6.45) is -0.425. The minimum absolute atomic E-state index is 0.234. The van der Waals surface area contributed by atoms with Crippen LogP contribution in [0.4, 0.5) is 0 Å². The molecule has 12 heteroatoms. The highest BCUT2D eigenvalue weighted by molar-refractivity contribution is 6.11. The van der Waals surface area contributed by atoms with Crippen LogP contribution in [0.15, 0.2) is 0 Å². The highest BCUT2D eigenvalue weighted by Gasteiger charge is 2.60. The van der Waals surface area contributed by atoms with E-state index in [1.165, 1.54) is 0 Å². The lowest BCUT2D eigenvalue weighted by atomic mass is 9.78. The molecule has 4 amide bonds. The third-order valence-corrected chi connectivity index (χ3v) is 7.64. The second-order valence-electron chi connectivity index (χ2n) is 9.91. The molecule has 0 aromatic rings. The summed E-state index contributed by atoms with van der Waals surface area (Å²) in [4.78, 5) is 101. The van der Waals surface area contributed by atoms with Crippen molar-refractivity contribution in [3.63, 3.8) is 0 Å². The molecule has 0 atom stereocenters. The number of amides is 4. The molecule has 180 valence electrons. The molecular formula is C22H22N2O10. The van der Waals surface area contributed by atoms with Gasteiger partial charge in [0.1, 0.15) is 0 Å². The van der Waals surface area contributed by atoms with E-state index in [1.807, 2.05) is 0 Å². The highest BCUT2D eigenvalue weighted by Crippen LogP contribution is 2.47. The Morgan fingerprint density at radius 2 is 0.794 bits per heavy atom. The third kappa shape index (κ3) is 3.34. The summed E-state index contributed by atoms with van der Waals surface area (Å²) in [6.45, 7) is 0. The van der Waals surface area contributed by atoms with Crippen LogP contribution < -0.4 is 0 Å². The monoisotopic (exact) mass is 474 g/mol. The number of carbonyl (C=O) groups is 8. The SMILES string of the molecule is O=C1CC2(CC(=O)O1)CC(=O)N(C1CCC(N3C(=O)CC4(CC(=O)OC(=O)C4)C3=O)CC1)C2=O. The molecule has 0 radical (unpaired) electrons. The first-order valence-electron chi connectivity index (χ1n) is 11.2. The van der Waals surface area contributed by atoms with Gasteiger partial charge in [0.2, 0.25) is 23.6 Å². The van der Waals surface area contributed by atoms with Crippen molar-refractivity contribution in [1.29, 1.82) is 0 Å². The minimum Gasteiger partial charge on any atom is -0.393 e. The number of hydrogen-bond donors (Lipinski definition) is 0. The van der Waals surface area contributed by atoms with Crippen molar-refractivity contribution < 1.29 is 47.8 Å².